The minimum atomic E-state index is 0.823. The van der Waals surface area contributed by atoms with Gasteiger partial charge in [-0.15, -0.1) is 0 Å². The molecule has 110 valence electrons. The summed E-state index contributed by atoms with van der Waals surface area (Å²) in [5, 5.41) is 0. The summed E-state index contributed by atoms with van der Waals surface area (Å²) in [6.07, 6.45) is 7.85. The van der Waals surface area contributed by atoms with Crippen molar-refractivity contribution in [2.75, 3.05) is 26.2 Å². The van der Waals surface area contributed by atoms with Crippen molar-refractivity contribution in [3.8, 4) is 0 Å². The first-order chi connectivity index (χ1) is 8.56. The van der Waals surface area contributed by atoms with E-state index >= 15 is 0 Å². The normalized spacial score (nSPS) is 12.0. The molecule has 0 aromatic carbocycles. The van der Waals surface area contributed by atoms with Gasteiger partial charge in [-0.3, -0.25) is 0 Å². The van der Waals surface area contributed by atoms with Gasteiger partial charge in [0.1, 0.15) is 0 Å². The van der Waals surface area contributed by atoms with Gasteiger partial charge in [-0.25, -0.2) is 0 Å². The van der Waals surface area contributed by atoms with Gasteiger partial charge in [-0.2, -0.15) is 0 Å². The Morgan fingerprint density at radius 2 is 1.22 bits per heavy atom. The van der Waals surface area contributed by atoms with E-state index in [0.29, 0.717) is 0 Å². The lowest BCUT2D eigenvalue weighted by atomic mass is 10.1. The fourth-order valence-electron chi connectivity index (χ4n) is 2.05. The first-order valence-electron chi connectivity index (χ1n) is 7.98. The van der Waals surface area contributed by atoms with Crippen LogP contribution in [0.1, 0.15) is 66.2 Å². The van der Waals surface area contributed by atoms with Crippen molar-refractivity contribution in [3.05, 3.63) is 0 Å². The zero-order chi connectivity index (χ0) is 13.8. The van der Waals surface area contributed by atoms with Gasteiger partial charge >= 0.3 is 0 Å². The van der Waals surface area contributed by atoms with E-state index in [0.717, 1.165) is 18.4 Å². The van der Waals surface area contributed by atoms with Crippen LogP contribution in [0, 0.1) is 11.8 Å². The lowest BCUT2D eigenvalue weighted by molar-refractivity contribution is 0.238. The molecule has 0 radical (unpaired) electrons. The quantitative estimate of drug-likeness (QED) is 0.537. The Bertz CT molecular complexity index is 154. The van der Waals surface area contributed by atoms with Crippen molar-refractivity contribution in [1.82, 2.24) is 4.90 Å². The van der Waals surface area contributed by atoms with Gasteiger partial charge in [0.05, 0.1) is 0 Å². The van der Waals surface area contributed by atoms with Crippen LogP contribution in [-0.2, 0) is 0 Å². The summed E-state index contributed by atoms with van der Waals surface area (Å²) < 4.78 is 0. The Morgan fingerprint density at radius 1 is 0.722 bits per heavy atom. The Labute approximate surface area is 115 Å². The summed E-state index contributed by atoms with van der Waals surface area (Å²) in [4.78, 5) is 2.67. The average molecular weight is 256 g/mol. The van der Waals surface area contributed by atoms with E-state index in [-0.39, 0.29) is 0 Å². The SMILES string of the molecule is CC(C)CCN(CCCCCCN)CCC(C)C. The molecular weight excluding hydrogens is 220 g/mol. The van der Waals surface area contributed by atoms with Crippen LogP contribution < -0.4 is 5.73 Å². The standard InChI is InChI=1S/C16H36N2/c1-15(2)9-13-18(14-10-16(3)4)12-8-6-5-7-11-17/h15-16H,5-14,17H2,1-4H3. The van der Waals surface area contributed by atoms with Gasteiger partial charge in [0.15, 0.2) is 0 Å². The molecular formula is C16H36N2. The predicted molar refractivity (Wildman–Crippen MR) is 82.9 cm³/mol. The Morgan fingerprint density at radius 3 is 1.67 bits per heavy atom. The molecule has 0 bridgehead atoms. The van der Waals surface area contributed by atoms with Crippen LogP contribution in [0.5, 0.6) is 0 Å². The molecule has 0 aliphatic heterocycles. The second-order valence-electron chi connectivity index (χ2n) is 6.41. The van der Waals surface area contributed by atoms with E-state index in [1.165, 1.54) is 58.2 Å². The van der Waals surface area contributed by atoms with E-state index in [2.05, 4.69) is 32.6 Å². The first kappa shape index (κ1) is 17.9. The second-order valence-corrected chi connectivity index (χ2v) is 6.41. The molecule has 0 heterocycles. The summed E-state index contributed by atoms with van der Waals surface area (Å²) in [5.74, 6) is 1.65. The van der Waals surface area contributed by atoms with E-state index in [9.17, 15) is 0 Å². The van der Waals surface area contributed by atoms with Crippen LogP contribution >= 0.6 is 0 Å². The molecule has 0 saturated heterocycles. The zero-order valence-corrected chi connectivity index (χ0v) is 13.3. The Kier molecular flexibility index (Phi) is 11.9. The minimum Gasteiger partial charge on any atom is -0.330 e. The van der Waals surface area contributed by atoms with Gasteiger partial charge in [0.2, 0.25) is 0 Å². The predicted octanol–water partition coefficient (Wildman–Crippen LogP) is 3.90. The summed E-state index contributed by atoms with van der Waals surface area (Å²) in [7, 11) is 0. The van der Waals surface area contributed by atoms with Crippen molar-refractivity contribution in [1.29, 1.82) is 0 Å². The summed E-state index contributed by atoms with van der Waals surface area (Å²) >= 11 is 0. The highest BCUT2D eigenvalue weighted by Crippen LogP contribution is 2.08. The molecule has 2 heteroatoms. The highest BCUT2D eigenvalue weighted by atomic mass is 15.1. The number of hydrogen-bond donors (Lipinski definition) is 1. The summed E-state index contributed by atoms with van der Waals surface area (Å²) in [6.45, 7) is 14.0. The molecule has 0 aromatic rings. The molecule has 0 atom stereocenters. The van der Waals surface area contributed by atoms with Gasteiger partial charge < -0.3 is 10.6 Å². The molecule has 0 spiro atoms. The zero-order valence-electron chi connectivity index (χ0n) is 13.3. The largest absolute Gasteiger partial charge is 0.330 e. The van der Waals surface area contributed by atoms with Crippen molar-refractivity contribution < 1.29 is 0 Å². The van der Waals surface area contributed by atoms with Crippen molar-refractivity contribution in [2.45, 2.75) is 66.2 Å². The van der Waals surface area contributed by atoms with E-state index < -0.39 is 0 Å². The topological polar surface area (TPSA) is 29.3 Å². The maximum Gasteiger partial charge on any atom is -0.00163 e. The third-order valence-electron chi connectivity index (χ3n) is 3.47. The molecule has 0 fully saturated rings. The van der Waals surface area contributed by atoms with Gasteiger partial charge in [-0.05, 0) is 63.7 Å². The van der Waals surface area contributed by atoms with E-state index in [4.69, 9.17) is 5.73 Å². The minimum absolute atomic E-state index is 0.823. The van der Waals surface area contributed by atoms with Crippen LogP contribution in [0.4, 0.5) is 0 Å². The van der Waals surface area contributed by atoms with Gasteiger partial charge in [0, 0.05) is 0 Å². The molecule has 0 saturated carbocycles. The molecule has 2 N–H and O–H groups in total. The number of nitrogens with two attached hydrogens (primary N) is 1. The molecule has 0 aliphatic carbocycles. The van der Waals surface area contributed by atoms with Crippen LogP contribution in [0.25, 0.3) is 0 Å². The van der Waals surface area contributed by atoms with Gasteiger partial charge in [-0.1, -0.05) is 40.5 Å². The fraction of sp³-hybridized carbons (Fsp3) is 1.00. The molecule has 2 nitrogen and oxygen atoms in total. The van der Waals surface area contributed by atoms with Crippen molar-refractivity contribution >= 4 is 0 Å². The van der Waals surface area contributed by atoms with Crippen LogP contribution in [-0.4, -0.2) is 31.1 Å². The maximum atomic E-state index is 5.52. The average Bonchev–Trinajstić information content (AvgIpc) is 2.30. The second kappa shape index (κ2) is 12.0. The van der Waals surface area contributed by atoms with E-state index in [1.807, 2.05) is 0 Å². The molecule has 0 rings (SSSR count). The smallest absolute Gasteiger partial charge is 0.00163 e. The Balaban J connectivity index is 3.74. The number of rotatable bonds is 12. The lowest BCUT2D eigenvalue weighted by Crippen LogP contribution is -2.28. The van der Waals surface area contributed by atoms with Crippen LogP contribution in [0.15, 0.2) is 0 Å². The highest BCUT2D eigenvalue weighted by molar-refractivity contribution is 4.61. The molecule has 0 aliphatic rings. The summed E-state index contributed by atoms with van der Waals surface area (Å²) in [6, 6.07) is 0. The van der Waals surface area contributed by atoms with Crippen molar-refractivity contribution in [2.24, 2.45) is 17.6 Å². The van der Waals surface area contributed by atoms with Crippen LogP contribution in [0.3, 0.4) is 0 Å². The maximum absolute atomic E-state index is 5.52. The van der Waals surface area contributed by atoms with Gasteiger partial charge in [0.25, 0.3) is 0 Å². The molecule has 0 unspecified atom stereocenters. The van der Waals surface area contributed by atoms with Crippen LogP contribution in [0.2, 0.25) is 0 Å². The van der Waals surface area contributed by atoms with E-state index in [1.54, 1.807) is 0 Å². The third-order valence-corrected chi connectivity index (χ3v) is 3.47. The first-order valence-corrected chi connectivity index (χ1v) is 7.98. The molecule has 0 amide bonds. The lowest BCUT2D eigenvalue weighted by Gasteiger charge is -2.24. The molecule has 18 heavy (non-hydrogen) atoms. The third kappa shape index (κ3) is 12.4. The summed E-state index contributed by atoms with van der Waals surface area (Å²) in [5.41, 5.74) is 5.52. The molecule has 0 aromatic heterocycles. The fourth-order valence-corrected chi connectivity index (χ4v) is 2.05. The monoisotopic (exact) mass is 256 g/mol. The highest BCUT2D eigenvalue weighted by Gasteiger charge is 2.07. The Hall–Kier alpha value is -0.0800. The number of nitrogens with zero attached hydrogens (tertiary/aromatic N) is 1. The number of unbranched alkanes of at least 4 members (excludes halogenated alkanes) is 3. The number of hydrogen-bond acceptors (Lipinski definition) is 2. The van der Waals surface area contributed by atoms with Crippen molar-refractivity contribution in [3.63, 3.8) is 0 Å².